The van der Waals surface area contributed by atoms with Crippen molar-refractivity contribution < 1.29 is 4.79 Å². The molecule has 0 saturated heterocycles. The topological polar surface area (TPSA) is 68.3 Å². The lowest BCUT2D eigenvalue weighted by Gasteiger charge is -2.13. The lowest BCUT2D eigenvalue weighted by Crippen LogP contribution is -2.21. The minimum Gasteiger partial charge on any atom is -0.398 e. The Morgan fingerprint density at radius 3 is 2.93 bits per heavy atom. The van der Waals surface area contributed by atoms with E-state index < -0.39 is 0 Å². The van der Waals surface area contributed by atoms with Gasteiger partial charge < -0.3 is 5.73 Å². The van der Waals surface area contributed by atoms with Crippen molar-refractivity contribution in [1.82, 2.24) is 4.98 Å². The van der Waals surface area contributed by atoms with Gasteiger partial charge in [0.2, 0.25) is 5.78 Å². The molecule has 14 heavy (non-hydrogen) atoms. The van der Waals surface area contributed by atoms with Crippen LogP contribution in [0.4, 0.5) is 0 Å². The second-order valence-electron chi connectivity index (χ2n) is 2.96. The molecule has 2 N–H and O–H groups in total. The van der Waals surface area contributed by atoms with Crippen molar-refractivity contribution in [3.63, 3.8) is 0 Å². The molecule has 0 atom stereocenters. The van der Waals surface area contributed by atoms with Crippen LogP contribution < -0.4 is 5.73 Å². The number of aromatic nitrogens is 1. The largest absolute Gasteiger partial charge is 0.398 e. The Balaban J connectivity index is 2.69. The van der Waals surface area contributed by atoms with Crippen LogP contribution in [-0.2, 0) is 0 Å². The van der Waals surface area contributed by atoms with E-state index in [0.29, 0.717) is 17.0 Å². The number of hydrogen-bond donors (Lipinski definition) is 1. The molecule has 0 amide bonds. The van der Waals surface area contributed by atoms with E-state index in [9.17, 15) is 4.79 Å². The SMILES string of the molecule is CN=C1C=C(N)c2ccncc2C1=O. The number of pyridine rings is 1. The van der Waals surface area contributed by atoms with E-state index in [0.717, 1.165) is 5.56 Å². The molecular formula is C10H9N3O. The maximum atomic E-state index is 11.7. The fraction of sp³-hybridized carbons (Fsp3) is 0.100. The van der Waals surface area contributed by atoms with Gasteiger partial charge in [-0.3, -0.25) is 14.8 Å². The van der Waals surface area contributed by atoms with Gasteiger partial charge in [0.05, 0.1) is 5.56 Å². The second-order valence-corrected chi connectivity index (χ2v) is 2.96. The number of ketones is 1. The quantitative estimate of drug-likeness (QED) is 0.648. The van der Waals surface area contributed by atoms with Crippen LogP contribution in [-0.4, -0.2) is 23.5 Å². The third-order valence-electron chi connectivity index (χ3n) is 2.14. The average molecular weight is 187 g/mol. The standard InChI is InChI=1S/C10H9N3O/c1-12-9-4-8(11)6-2-3-13-5-7(6)10(9)14/h2-5H,11H2,1H3. The molecule has 0 bridgehead atoms. The molecule has 2 rings (SSSR count). The molecule has 70 valence electrons. The molecule has 0 fully saturated rings. The summed E-state index contributed by atoms with van der Waals surface area (Å²) in [5.74, 6) is -0.121. The molecule has 0 aromatic carbocycles. The smallest absolute Gasteiger partial charge is 0.213 e. The lowest BCUT2D eigenvalue weighted by atomic mass is 9.94. The lowest BCUT2D eigenvalue weighted by molar-refractivity contribution is 0.106. The molecule has 0 unspecified atom stereocenters. The molecular weight excluding hydrogens is 178 g/mol. The highest BCUT2D eigenvalue weighted by Crippen LogP contribution is 2.20. The Morgan fingerprint density at radius 2 is 2.21 bits per heavy atom. The van der Waals surface area contributed by atoms with E-state index in [1.807, 2.05) is 0 Å². The monoisotopic (exact) mass is 187 g/mol. The highest BCUT2D eigenvalue weighted by molar-refractivity contribution is 6.52. The summed E-state index contributed by atoms with van der Waals surface area (Å²) in [4.78, 5) is 19.5. The van der Waals surface area contributed by atoms with Crippen molar-refractivity contribution in [2.24, 2.45) is 10.7 Å². The molecule has 0 radical (unpaired) electrons. The van der Waals surface area contributed by atoms with Gasteiger partial charge in [-0.15, -0.1) is 0 Å². The van der Waals surface area contributed by atoms with E-state index in [1.165, 1.54) is 6.20 Å². The second kappa shape index (κ2) is 3.06. The molecule has 4 nitrogen and oxygen atoms in total. The first-order valence-electron chi connectivity index (χ1n) is 4.17. The summed E-state index contributed by atoms with van der Waals surface area (Å²) in [6, 6.07) is 1.73. The zero-order valence-corrected chi connectivity index (χ0v) is 7.69. The van der Waals surface area contributed by atoms with E-state index >= 15 is 0 Å². The number of rotatable bonds is 0. The van der Waals surface area contributed by atoms with Crippen LogP contribution in [0.5, 0.6) is 0 Å². The molecule has 0 spiro atoms. The van der Waals surface area contributed by atoms with Crippen molar-refractivity contribution in [2.75, 3.05) is 7.05 Å². The Labute approximate surface area is 81.2 Å². The first kappa shape index (κ1) is 8.62. The molecule has 0 aliphatic heterocycles. The Hall–Kier alpha value is -1.97. The first-order chi connectivity index (χ1) is 6.74. The first-order valence-corrected chi connectivity index (χ1v) is 4.17. The summed E-state index contributed by atoms with van der Waals surface area (Å²) in [5, 5.41) is 0. The fourth-order valence-electron chi connectivity index (χ4n) is 1.42. The van der Waals surface area contributed by atoms with E-state index in [-0.39, 0.29) is 5.78 Å². The van der Waals surface area contributed by atoms with Gasteiger partial charge in [-0.1, -0.05) is 0 Å². The number of allylic oxidation sites excluding steroid dienone is 1. The fourth-order valence-corrected chi connectivity index (χ4v) is 1.42. The summed E-state index contributed by atoms with van der Waals surface area (Å²) < 4.78 is 0. The number of aliphatic imine (C=N–C) groups is 1. The van der Waals surface area contributed by atoms with Gasteiger partial charge >= 0.3 is 0 Å². The van der Waals surface area contributed by atoms with E-state index in [2.05, 4.69) is 9.98 Å². The Bertz CT molecular complexity index is 460. The Kier molecular flexibility index (Phi) is 1.89. The number of carbonyl (C=O) groups is 1. The number of fused-ring (bicyclic) bond motifs is 1. The van der Waals surface area contributed by atoms with Gasteiger partial charge in [-0.05, 0) is 12.1 Å². The highest BCUT2D eigenvalue weighted by atomic mass is 16.1. The van der Waals surface area contributed by atoms with Crippen LogP contribution in [0.25, 0.3) is 5.70 Å². The van der Waals surface area contributed by atoms with Gasteiger partial charge in [0.15, 0.2) is 0 Å². The summed E-state index contributed by atoms with van der Waals surface area (Å²) in [6.45, 7) is 0. The van der Waals surface area contributed by atoms with Crippen molar-refractivity contribution in [1.29, 1.82) is 0 Å². The summed E-state index contributed by atoms with van der Waals surface area (Å²) in [7, 11) is 1.57. The third kappa shape index (κ3) is 1.12. The molecule has 4 heteroatoms. The number of hydrogen-bond acceptors (Lipinski definition) is 4. The molecule has 1 aromatic rings. The van der Waals surface area contributed by atoms with Crippen LogP contribution in [0.1, 0.15) is 15.9 Å². The molecule has 1 aliphatic rings. The van der Waals surface area contributed by atoms with Gasteiger partial charge in [0.1, 0.15) is 5.71 Å². The maximum Gasteiger partial charge on any atom is 0.213 e. The van der Waals surface area contributed by atoms with Crippen LogP contribution in [0, 0.1) is 0 Å². The zero-order chi connectivity index (χ0) is 10.1. The summed E-state index contributed by atoms with van der Waals surface area (Å²) >= 11 is 0. The average Bonchev–Trinajstić information content (AvgIpc) is 2.23. The molecule has 1 heterocycles. The van der Waals surface area contributed by atoms with Crippen molar-refractivity contribution in [3.8, 4) is 0 Å². The minimum atomic E-state index is -0.121. The number of carbonyl (C=O) groups excluding carboxylic acids is 1. The van der Waals surface area contributed by atoms with Crippen LogP contribution in [0.3, 0.4) is 0 Å². The zero-order valence-electron chi connectivity index (χ0n) is 7.69. The Morgan fingerprint density at radius 1 is 1.43 bits per heavy atom. The summed E-state index contributed by atoms with van der Waals surface area (Å²) in [5.41, 5.74) is 7.97. The van der Waals surface area contributed by atoms with Gasteiger partial charge in [-0.2, -0.15) is 0 Å². The van der Waals surface area contributed by atoms with Crippen LogP contribution >= 0.6 is 0 Å². The van der Waals surface area contributed by atoms with Gasteiger partial charge in [-0.25, -0.2) is 0 Å². The van der Waals surface area contributed by atoms with Gasteiger partial charge in [0.25, 0.3) is 0 Å². The maximum absolute atomic E-state index is 11.7. The minimum absolute atomic E-state index is 0.121. The van der Waals surface area contributed by atoms with Crippen molar-refractivity contribution >= 4 is 17.2 Å². The normalized spacial score (nSPS) is 17.9. The predicted molar refractivity (Wildman–Crippen MR) is 54.1 cm³/mol. The molecule has 0 saturated carbocycles. The molecule has 1 aliphatic carbocycles. The van der Waals surface area contributed by atoms with E-state index in [1.54, 1.807) is 25.4 Å². The number of nitrogens with zero attached hydrogens (tertiary/aromatic N) is 2. The number of nitrogens with two attached hydrogens (primary N) is 1. The van der Waals surface area contributed by atoms with Gasteiger partial charge in [0, 0.05) is 30.7 Å². The van der Waals surface area contributed by atoms with Crippen LogP contribution in [0.15, 0.2) is 29.5 Å². The third-order valence-corrected chi connectivity index (χ3v) is 2.14. The van der Waals surface area contributed by atoms with E-state index in [4.69, 9.17) is 5.73 Å². The summed E-state index contributed by atoms with van der Waals surface area (Å²) in [6.07, 6.45) is 4.72. The predicted octanol–water partition coefficient (Wildman–Crippen LogP) is 0.648. The molecule has 1 aromatic heterocycles. The van der Waals surface area contributed by atoms with Crippen molar-refractivity contribution in [2.45, 2.75) is 0 Å². The number of Topliss-reactive ketones (excluding diaryl/α,β-unsaturated/α-hetero) is 1. The van der Waals surface area contributed by atoms with Crippen LogP contribution in [0.2, 0.25) is 0 Å². The highest BCUT2D eigenvalue weighted by Gasteiger charge is 2.22. The van der Waals surface area contributed by atoms with Crippen molar-refractivity contribution in [3.05, 3.63) is 35.7 Å².